The van der Waals surface area contributed by atoms with E-state index < -0.39 is 26.5 Å². The third-order valence-corrected chi connectivity index (χ3v) is 13.8. The van der Waals surface area contributed by atoms with Gasteiger partial charge in [-0.1, -0.05) is 244 Å². The summed E-state index contributed by atoms with van der Waals surface area (Å²) in [7, 11) is 1.49. The van der Waals surface area contributed by atoms with Crippen LogP contribution in [0.4, 0.5) is 0 Å². The Morgan fingerprint density at radius 2 is 0.773 bits per heavy atom. The van der Waals surface area contributed by atoms with Gasteiger partial charge in [-0.15, -0.1) is 0 Å². The highest BCUT2D eigenvalue weighted by Gasteiger charge is 2.27. The minimum absolute atomic E-state index is 0.0354. The molecule has 1 N–H and O–H groups in total. The van der Waals surface area contributed by atoms with Gasteiger partial charge in [0.05, 0.1) is 27.7 Å². The highest BCUT2D eigenvalue weighted by molar-refractivity contribution is 7.47. The Morgan fingerprint density at radius 3 is 1.12 bits per heavy atom. The summed E-state index contributed by atoms with van der Waals surface area (Å²) in [6.45, 7) is 4.49. The van der Waals surface area contributed by atoms with Crippen LogP contribution >= 0.6 is 7.82 Å². The third-order valence-electron chi connectivity index (χ3n) is 12.8. The molecule has 0 saturated carbocycles. The Balaban J connectivity index is 4.14. The number of unbranched alkanes of at least 4 members (excludes halogenated alkanes) is 37. The fraction of sp³-hybridized carbons (Fsp3) is 0.929. The molecule has 0 amide bonds. The van der Waals surface area contributed by atoms with Gasteiger partial charge in [-0.2, -0.15) is 0 Å². The van der Waals surface area contributed by atoms with Gasteiger partial charge >= 0.3 is 19.8 Å². The summed E-state index contributed by atoms with van der Waals surface area (Å²) in [6.07, 6.45) is 55.6. The van der Waals surface area contributed by atoms with E-state index >= 15 is 0 Å². The molecule has 0 aliphatic rings. The van der Waals surface area contributed by atoms with Crippen LogP contribution in [0.3, 0.4) is 0 Å². The van der Waals surface area contributed by atoms with Crippen LogP contribution in [-0.2, 0) is 32.7 Å². The second kappa shape index (κ2) is 48.8. The number of carbonyl (C=O) groups is 2. The molecule has 0 aliphatic heterocycles. The van der Waals surface area contributed by atoms with Crippen molar-refractivity contribution in [3.05, 3.63) is 12.2 Å². The van der Waals surface area contributed by atoms with Crippen molar-refractivity contribution in [2.75, 3.05) is 47.5 Å². The van der Waals surface area contributed by atoms with Crippen LogP contribution in [0.2, 0.25) is 0 Å². The Bertz CT molecular complexity index is 1130. The molecule has 0 bridgehead atoms. The predicted molar refractivity (Wildman–Crippen MR) is 280 cm³/mol. The van der Waals surface area contributed by atoms with E-state index in [4.69, 9.17) is 18.5 Å². The van der Waals surface area contributed by atoms with Crippen LogP contribution < -0.4 is 0 Å². The van der Waals surface area contributed by atoms with E-state index in [2.05, 4.69) is 26.0 Å². The molecule has 1 unspecified atom stereocenters. The van der Waals surface area contributed by atoms with Gasteiger partial charge < -0.3 is 18.9 Å². The SMILES string of the molecule is CCCCCCCC/C=C\CCCCCCCCCCCCCC(=O)O[C@H](COC(=O)CCCCCCCCCCCCCCCCCCCCCCC)COP(=O)(O)OCC[N+](C)(C)C. The fourth-order valence-electron chi connectivity index (χ4n) is 8.37. The smallest absolute Gasteiger partial charge is 0.462 e. The molecule has 0 rings (SSSR count). The number of carbonyl (C=O) groups excluding carboxylic acids is 2. The number of nitrogens with zero attached hydrogens (tertiary/aromatic N) is 1. The van der Waals surface area contributed by atoms with E-state index in [1.165, 1.54) is 218 Å². The maximum Gasteiger partial charge on any atom is 0.472 e. The van der Waals surface area contributed by atoms with Gasteiger partial charge in [-0.05, 0) is 38.5 Å². The standard InChI is InChI=1S/C56H110NO8P/c1-6-8-10-12-14-16-18-20-22-24-26-28-30-32-34-36-38-40-42-44-46-48-55(58)62-52-54(53-64-66(60,61)63-51-50-57(3,4)5)65-56(59)49-47-45-43-41-39-37-35-33-31-29-27-25-23-21-19-17-15-13-11-9-7-2/h21,23,54H,6-20,22,24-53H2,1-5H3/p+1/b23-21-/t54-/m1/s1. The lowest BCUT2D eigenvalue weighted by molar-refractivity contribution is -0.870. The van der Waals surface area contributed by atoms with Crippen LogP contribution in [-0.4, -0.2) is 74.9 Å². The average molecular weight is 957 g/mol. The Kier molecular flexibility index (Phi) is 47.8. The number of hydrogen-bond donors (Lipinski definition) is 1. The first-order valence-corrected chi connectivity index (χ1v) is 29.9. The van der Waals surface area contributed by atoms with Gasteiger partial charge in [0.2, 0.25) is 0 Å². The minimum Gasteiger partial charge on any atom is -0.462 e. The zero-order valence-corrected chi connectivity index (χ0v) is 45.4. The number of likely N-dealkylation sites (N-methyl/N-ethyl adjacent to an activating group) is 1. The van der Waals surface area contributed by atoms with Crippen molar-refractivity contribution in [2.24, 2.45) is 0 Å². The van der Waals surface area contributed by atoms with Crippen molar-refractivity contribution in [3.8, 4) is 0 Å². The highest BCUT2D eigenvalue weighted by Crippen LogP contribution is 2.43. The van der Waals surface area contributed by atoms with Crippen molar-refractivity contribution in [1.29, 1.82) is 0 Å². The first-order valence-electron chi connectivity index (χ1n) is 28.4. The molecular weight excluding hydrogens is 846 g/mol. The molecule has 66 heavy (non-hydrogen) atoms. The molecule has 0 heterocycles. The third kappa shape index (κ3) is 52.1. The van der Waals surface area contributed by atoms with Crippen LogP contribution in [0.5, 0.6) is 0 Å². The van der Waals surface area contributed by atoms with Crippen LogP contribution in [0, 0.1) is 0 Å². The Hall–Kier alpha value is -1.25. The number of rotatable bonds is 53. The maximum atomic E-state index is 12.8. The topological polar surface area (TPSA) is 108 Å². The molecule has 0 aliphatic carbocycles. The molecular formula is C56H111NO8P+. The summed E-state index contributed by atoms with van der Waals surface area (Å²) in [5.74, 6) is -0.780. The lowest BCUT2D eigenvalue weighted by Gasteiger charge is -2.24. The van der Waals surface area contributed by atoms with Gasteiger partial charge in [0.1, 0.15) is 19.8 Å². The Morgan fingerprint density at radius 1 is 0.455 bits per heavy atom. The van der Waals surface area contributed by atoms with E-state index in [-0.39, 0.29) is 25.6 Å². The summed E-state index contributed by atoms with van der Waals surface area (Å²) >= 11 is 0. The zero-order valence-electron chi connectivity index (χ0n) is 44.5. The molecule has 0 fully saturated rings. The maximum absolute atomic E-state index is 12.8. The van der Waals surface area contributed by atoms with Crippen LogP contribution in [0.1, 0.15) is 284 Å². The van der Waals surface area contributed by atoms with E-state index in [1.807, 2.05) is 21.1 Å². The number of phosphoric ester groups is 1. The summed E-state index contributed by atoms with van der Waals surface area (Å²) in [5, 5.41) is 0. The van der Waals surface area contributed by atoms with Crippen molar-refractivity contribution >= 4 is 19.8 Å². The van der Waals surface area contributed by atoms with Gasteiger partial charge in [-0.3, -0.25) is 18.6 Å². The second-order valence-electron chi connectivity index (χ2n) is 20.7. The number of quaternary nitrogens is 1. The highest BCUT2D eigenvalue weighted by atomic mass is 31.2. The number of ether oxygens (including phenoxy) is 2. The lowest BCUT2D eigenvalue weighted by Crippen LogP contribution is -2.37. The number of allylic oxidation sites excluding steroid dienone is 2. The first kappa shape index (κ1) is 64.8. The van der Waals surface area contributed by atoms with Crippen LogP contribution in [0.25, 0.3) is 0 Å². The molecule has 0 saturated heterocycles. The van der Waals surface area contributed by atoms with Crippen molar-refractivity contribution in [3.63, 3.8) is 0 Å². The monoisotopic (exact) mass is 957 g/mol. The van der Waals surface area contributed by atoms with E-state index in [9.17, 15) is 19.0 Å². The summed E-state index contributed by atoms with van der Waals surface area (Å²) < 4.78 is 34.6. The minimum atomic E-state index is -4.38. The van der Waals surface area contributed by atoms with E-state index in [1.54, 1.807) is 0 Å². The molecule has 2 atom stereocenters. The zero-order chi connectivity index (χ0) is 48.5. The van der Waals surface area contributed by atoms with Crippen molar-refractivity contribution in [1.82, 2.24) is 0 Å². The molecule has 392 valence electrons. The van der Waals surface area contributed by atoms with Gasteiger partial charge in [0, 0.05) is 12.8 Å². The molecule has 9 nitrogen and oxygen atoms in total. The van der Waals surface area contributed by atoms with Gasteiger partial charge in [-0.25, -0.2) is 4.57 Å². The molecule has 0 aromatic carbocycles. The fourth-order valence-corrected chi connectivity index (χ4v) is 9.11. The molecule has 0 aromatic rings. The van der Waals surface area contributed by atoms with Crippen LogP contribution in [0.15, 0.2) is 12.2 Å². The van der Waals surface area contributed by atoms with E-state index in [0.29, 0.717) is 23.9 Å². The number of hydrogen-bond acceptors (Lipinski definition) is 7. The largest absolute Gasteiger partial charge is 0.472 e. The molecule has 0 radical (unpaired) electrons. The quantitative estimate of drug-likeness (QED) is 0.0211. The predicted octanol–water partition coefficient (Wildman–Crippen LogP) is 17.3. The summed E-state index contributed by atoms with van der Waals surface area (Å²) in [6, 6.07) is 0. The lowest BCUT2D eigenvalue weighted by atomic mass is 10.0. The van der Waals surface area contributed by atoms with Gasteiger partial charge in [0.25, 0.3) is 0 Å². The van der Waals surface area contributed by atoms with Crippen molar-refractivity contribution < 1.29 is 42.1 Å². The summed E-state index contributed by atoms with van der Waals surface area (Å²) in [5.41, 5.74) is 0. The van der Waals surface area contributed by atoms with E-state index in [0.717, 1.165) is 32.1 Å². The normalized spacial score (nSPS) is 13.4. The number of phosphoric acid groups is 1. The Labute approximate surface area is 409 Å². The first-order chi connectivity index (χ1) is 32.0. The molecule has 10 heteroatoms. The van der Waals surface area contributed by atoms with Crippen molar-refractivity contribution in [2.45, 2.75) is 290 Å². The molecule has 0 spiro atoms. The summed E-state index contributed by atoms with van der Waals surface area (Å²) in [4.78, 5) is 35.6. The molecule has 0 aromatic heterocycles. The van der Waals surface area contributed by atoms with Gasteiger partial charge in [0.15, 0.2) is 6.10 Å². The number of esters is 2. The average Bonchev–Trinajstić information content (AvgIpc) is 3.27. The second-order valence-corrected chi connectivity index (χ2v) is 22.1.